The van der Waals surface area contributed by atoms with E-state index in [9.17, 15) is 14.4 Å². The standard InChI is InChI=1S/C15H19NO5/c1-7(16-11(5)18)12(15(19)20-6)14-10(4)21-9(3)13(14)8(2)17/h1-6H3,(H,16,18)/b12-7+. The Labute approximate surface area is 123 Å². The van der Waals surface area contributed by atoms with E-state index in [0.29, 0.717) is 28.3 Å². The molecule has 0 radical (unpaired) electrons. The first-order valence-electron chi connectivity index (χ1n) is 6.38. The summed E-state index contributed by atoms with van der Waals surface area (Å²) in [5.74, 6) is -0.352. The van der Waals surface area contributed by atoms with Crippen molar-refractivity contribution < 1.29 is 23.5 Å². The maximum absolute atomic E-state index is 12.1. The number of hydrogen-bond acceptors (Lipinski definition) is 5. The van der Waals surface area contributed by atoms with Crippen molar-refractivity contribution in [1.82, 2.24) is 5.32 Å². The Morgan fingerprint density at radius 2 is 1.52 bits per heavy atom. The Hall–Kier alpha value is -2.37. The number of rotatable bonds is 4. The predicted octanol–water partition coefficient (Wildman–Crippen LogP) is 2.14. The van der Waals surface area contributed by atoms with Crippen molar-refractivity contribution in [3.8, 4) is 0 Å². The van der Waals surface area contributed by atoms with Crippen LogP contribution in [0.3, 0.4) is 0 Å². The van der Waals surface area contributed by atoms with Crippen molar-refractivity contribution in [3.63, 3.8) is 0 Å². The van der Waals surface area contributed by atoms with E-state index in [4.69, 9.17) is 9.15 Å². The summed E-state index contributed by atoms with van der Waals surface area (Å²) >= 11 is 0. The lowest BCUT2D eigenvalue weighted by Crippen LogP contribution is -2.22. The minimum absolute atomic E-state index is 0.118. The Kier molecular flexibility index (Phi) is 5.07. The number of allylic oxidation sites excluding steroid dienone is 1. The second-order valence-corrected chi connectivity index (χ2v) is 4.69. The molecular weight excluding hydrogens is 274 g/mol. The maximum Gasteiger partial charge on any atom is 0.340 e. The molecule has 114 valence electrons. The normalized spacial score (nSPS) is 11.7. The van der Waals surface area contributed by atoms with Gasteiger partial charge in [-0.3, -0.25) is 9.59 Å². The van der Waals surface area contributed by atoms with Crippen molar-refractivity contribution >= 4 is 23.2 Å². The van der Waals surface area contributed by atoms with E-state index in [1.165, 1.54) is 21.0 Å². The van der Waals surface area contributed by atoms with Gasteiger partial charge in [-0.25, -0.2) is 4.79 Å². The van der Waals surface area contributed by atoms with Crippen LogP contribution in [0.1, 0.15) is 48.2 Å². The zero-order chi connectivity index (χ0) is 16.3. The van der Waals surface area contributed by atoms with Gasteiger partial charge in [0.05, 0.1) is 18.2 Å². The minimum atomic E-state index is -0.646. The van der Waals surface area contributed by atoms with Crippen molar-refractivity contribution in [2.24, 2.45) is 0 Å². The largest absolute Gasteiger partial charge is 0.465 e. The molecule has 0 bridgehead atoms. The molecule has 0 atom stereocenters. The highest BCUT2D eigenvalue weighted by molar-refractivity contribution is 6.21. The van der Waals surface area contributed by atoms with Gasteiger partial charge in [-0.05, 0) is 27.7 Å². The summed E-state index contributed by atoms with van der Waals surface area (Å²) in [6, 6.07) is 0. The molecular formula is C15H19NO5. The molecule has 1 heterocycles. The van der Waals surface area contributed by atoms with Gasteiger partial charge in [-0.2, -0.15) is 0 Å². The van der Waals surface area contributed by atoms with Crippen LogP contribution in [0.4, 0.5) is 0 Å². The first-order chi connectivity index (χ1) is 9.70. The second kappa shape index (κ2) is 6.39. The topological polar surface area (TPSA) is 85.6 Å². The number of methoxy groups -OCH3 is 1. The maximum atomic E-state index is 12.1. The number of furan rings is 1. The molecule has 0 unspecified atom stereocenters. The van der Waals surface area contributed by atoms with Crippen LogP contribution in [0.2, 0.25) is 0 Å². The molecule has 6 heteroatoms. The third-order valence-corrected chi connectivity index (χ3v) is 2.99. The Balaban J connectivity index is 3.66. The number of esters is 1. The van der Waals surface area contributed by atoms with Crippen LogP contribution in [0.5, 0.6) is 0 Å². The minimum Gasteiger partial charge on any atom is -0.465 e. The fraction of sp³-hybridized carbons (Fsp3) is 0.400. The zero-order valence-corrected chi connectivity index (χ0v) is 13.0. The number of hydrogen-bond donors (Lipinski definition) is 1. The summed E-state index contributed by atoms with van der Waals surface area (Å²) in [7, 11) is 1.24. The second-order valence-electron chi connectivity index (χ2n) is 4.69. The summed E-state index contributed by atoms with van der Waals surface area (Å²) in [5, 5.41) is 2.55. The average Bonchev–Trinajstić information content (AvgIpc) is 2.63. The van der Waals surface area contributed by atoms with Gasteiger partial charge in [-0.15, -0.1) is 0 Å². The third-order valence-electron chi connectivity index (χ3n) is 2.99. The third kappa shape index (κ3) is 3.39. The molecule has 0 aliphatic rings. The lowest BCUT2D eigenvalue weighted by molar-refractivity contribution is -0.133. The first kappa shape index (κ1) is 16.7. The van der Waals surface area contributed by atoms with E-state index in [2.05, 4.69) is 5.32 Å². The molecule has 0 aromatic carbocycles. The highest BCUT2D eigenvalue weighted by Crippen LogP contribution is 2.31. The summed E-state index contributed by atoms with van der Waals surface area (Å²) in [6.07, 6.45) is 0. The van der Waals surface area contributed by atoms with E-state index in [1.54, 1.807) is 20.8 Å². The molecule has 0 saturated carbocycles. The number of amides is 1. The first-order valence-corrected chi connectivity index (χ1v) is 6.38. The van der Waals surface area contributed by atoms with Gasteiger partial charge < -0.3 is 14.5 Å². The fourth-order valence-electron chi connectivity index (χ4n) is 2.28. The van der Waals surface area contributed by atoms with E-state index in [-0.39, 0.29) is 17.3 Å². The Morgan fingerprint density at radius 1 is 1.00 bits per heavy atom. The molecule has 1 rings (SSSR count). The quantitative estimate of drug-likeness (QED) is 0.522. The van der Waals surface area contributed by atoms with Crippen LogP contribution in [0.15, 0.2) is 10.1 Å². The fourth-order valence-corrected chi connectivity index (χ4v) is 2.28. The molecule has 0 aliphatic heterocycles. The zero-order valence-electron chi connectivity index (χ0n) is 13.0. The average molecular weight is 293 g/mol. The molecule has 1 amide bonds. The van der Waals surface area contributed by atoms with Crippen LogP contribution < -0.4 is 5.32 Å². The van der Waals surface area contributed by atoms with Crippen LogP contribution >= 0.6 is 0 Å². The number of carbonyl (C=O) groups excluding carboxylic acids is 3. The number of Topliss-reactive ketones (excluding diaryl/α,β-unsaturated/α-hetero) is 1. The predicted molar refractivity (Wildman–Crippen MR) is 76.6 cm³/mol. The molecule has 0 saturated heterocycles. The van der Waals surface area contributed by atoms with Crippen molar-refractivity contribution in [1.29, 1.82) is 0 Å². The van der Waals surface area contributed by atoms with Crippen molar-refractivity contribution in [2.45, 2.75) is 34.6 Å². The lowest BCUT2D eigenvalue weighted by atomic mass is 9.96. The highest BCUT2D eigenvalue weighted by atomic mass is 16.5. The molecule has 0 spiro atoms. The number of ketones is 1. The number of nitrogens with one attached hydrogen (secondary N) is 1. The van der Waals surface area contributed by atoms with Crippen LogP contribution in [-0.2, 0) is 14.3 Å². The van der Waals surface area contributed by atoms with Crippen LogP contribution in [0.25, 0.3) is 5.57 Å². The molecule has 1 aromatic heterocycles. The summed E-state index contributed by atoms with van der Waals surface area (Å²) in [5.41, 5.74) is 1.10. The van der Waals surface area contributed by atoms with E-state index < -0.39 is 5.97 Å². The Bertz CT molecular complexity index is 637. The van der Waals surface area contributed by atoms with E-state index in [1.807, 2.05) is 0 Å². The molecule has 0 fully saturated rings. The van der Waals surface area contributed by atoms with E-state index >= 15 is 0 Å². The monoisotopic (exact) mass is 293 g/mol. The smallest absolute Gasteiger partial charge is 0.340 e. The van der Waals surface area contributed by atoms with Crippen molar-refractivity contribution in [3.05, 3.63) is 28.3 Å². The van der Waals surface area contributed by atoms with Gasteiger partial charge in [0.25, 0.3) is 0 Å². The van der Waals surface area contributed by atoms with Gasteiger partial charge in [0.15, 0.2) is 5.78 Å². The summed E-state index contributed by atoms with van der Waals surface area (Å²) in [4.78, 5) is 35.1. The molecule has 1 N–H and O–H groups in total. The summed E-state index contributed by atoms with van der Waals surface area (Å²) in [6.45, 7) is 7.59. The molecule has 6 nitrogen and oxygen atoms in total. The molecule has 1 aromatic rings. The highest BCUT2D eigenvalue weighted by Gasteiger charge is 2.28. The van der Waals surface area contributed by atoms with E-state index in [0.717, 1.165) is 0 Å². The number of ether oxygens (including phenoxy) is 1. The van der Waals surface area contributed by atoms with Crippen LogP contribution in [-0.4, -0.2) is 24.8 Å². The van der Waals surface area contributed by atoms with Gasteiger partial charge in [0.2, 0.25) is 5.91 Å². The summed E-state index contributed by atoms with van der Waals surface area (Å²) < 4.78 is 10.2. The number of carbonyl (C=O) groups is 3. The van der Waals surface area contributed by atoms with Gasteiger partial charge >= 0.3 is 5.97 Å². The number of aryl methyl sites for hydroxylation is 2. The van der Waals surface area contributed by atoms with Crippen LogP contribution in [0, 0.1) is 13.8 Å². The Morgan fingerprint density at radius 3 is 1.95 bits per heavy atom. The molecule has 21 heavy (non-hydrogen) atoms. The molecule has 0 aliphatic carbocycles. The lowest BCUT2D eigenvalue weighted by Gasteiger charge is -2.11. The van der Waals surface area contributed by atoms with Gasteiger partial charge in [0, 0.05) is 18.2 Å². The van der Waals surface area contributed by atoms with Crippen molar-refractivity contribution in [2.75, 3.05) is 7.11 Å². The SMILES string of the molecule is COC(=O)/C(=C(\C)NC(C)=O)c1c(C)oc(C)c1C(C)=O. The van der Waals surface area contributed by atoms with Gasteiger partial charge in [-0.1, -0.05) is 0 Å². The van der Waals surface area contributed by atoms with Gasteiger partial charge in [0.1, 0.15) is 11.5 Å².